The number of benzene rings is 2. The highest BCUT2D eigenvalue weighted by Crippen LogP contribution is 2.28. The zero-order chi connectivity index (χ0) is 14.2. The van der Waals surface area contributed by atoms with Gasteiger partial charge in [0.25, 0.3) is 0 Å². The molecule has 0 spiro atoms. The third kappa shape index (κ3) is 2.42. The Balaban J connectivity index is 1.58. The Morgan fingerprint density at radius 3 is 2.95 bits per heavy atom. The number of nitrogens with zero attached hydrogens (tertiary/aromatic N) is 1. The molecule has 1 aromatic heterocycles. The lowest BCUT2D eigenvalue weighted by Gasteiger charge is -2.17. The van der Waals surface area contributed by atoms with Crippen molar-refractivity contribution in [3.8, 4) is 0 Å². The van der Waals surface area contributed by atoms with Crippen molar-refractivity contribution in [3.63, 3.8) is 0 Å². The Bertz CT molecular complexity index is 791. The molecule has 1 atom stereocenters. The standard InChI is InChI=1S/C18H18N2S/c1-12(14-6-5-13-3-2-4-15(13)9-14)20-16-7-8-17-18(10-16)21-11-19-17/h5-12,20H,2-4H2,1H3. The van der Waals surface area contributed by atoms with E-state index >= 15 is 0 Å². The Labute approximate surface area is 128 Å². The van der Waals surface area contributed by atoms with Crippen LogP contribution in [0.3, 0.4) is 0 Å². The summed E-state index contributed by atoms with van der Waals surface area (Å²) < 4.78 is 1.24. The van der Waals surface area contributed by atoms with Crippen molar-refractivity contribution in [1.82, 2.24) is 4.98 Å². The van der Waals surface area contributed by atoms with Gasteiger partial charge in [-0.15, -0.1) is 11.3 Å². The van der Waals surface area contributed by atoms with Crippen LogP contribution < -0.4 is 5.32 Å². The van der Waals surface area contributed by atoms with Crippen LogP contribution in [0.4, 0.5) is 5.69 Å². The molecule has 1 unspecified atom stereocenters. The molecule has 0 saturated heterocycles. The molecule has 0 bridgehead atoms. The third-order valence-corrected chi connectivity index (χ3v) is 5.13. The van der Waals surface area contributed by atoms with Crippen LogP contribution in [0.2, 0.25) is 0 Å². The van der Waals surface area contributed by atoms with E-state index in [1.165, 1.54) is 40.8 Å². The fraction of sp³-hybridized carbons (Fsp3) is 0.278. The summed E-state index contributed by atoms with van der Waals surface area (Å²) in [5, 5.41) is 3.61. The SMILES string of the molecule is CC(Nc1ccc2ncsc2c1)c1ccc2c(c1)CCC2. The third-order valence-electron chi connectivity index (χ3n) is 4.34. The van der Waals surface area contributed by atoms with Crippen molar-refractivity contribution in [2.45, 2.75) is 32.2 Å². The molecular weight excluding hydrogens is 276 g/mol. The molecular formula is C18H18N2S. The molecule has 4 rings (SSSR count). The van der Waals surface area contributed by atoms with Crippen molar-refractivity contribution in [2.24, 2.45) is 0 Å². The number of hydrogen-bond acceptors (Lipinski definition) is 3. The summed E-state index contributed by atoms with van der Waals surface area (Å²) in [6, 6.07) is 13.7. The minimum Gasteiger partial charge on any atom is -0.378 e. The van der Waals surface area contributed by atoms with E-state index in [1.807, 2.05) is 5.51 Å². The van der Waals surface area contributed by atoms with Crippen molar-refractivity contribution in [2.75, 3.05) is 5.32 Å². The van der Waals surface area contributed by atoms with Gasteiger partial charge in [0.15, 0.2) is 0 Å². The van der Waals surface area contributed by atoms with E-state index < -0.39 is 0 Å². The normalized spacial score (nSPS) is 15.1. The molecule has 21 heavy (non-hydrogen) atoms. The highest BCUT2D eigenvalue weighted by molar-refractivity contribution is 7.16. The van der Waals surface area contributed by atoms with Gasteiger partial charge in [-0.2, -0.15) is 0 Å². The minimum atomic E-state index is 0.321. The molecule has 0 radical (unpaired) electrons. The van der Waals surface area contributed by atoms with Gasteiger partial charge in [-0.05, 0) is 61.1 Å². The lowest BCUT2D eigenvalue weighted by atomic mass is 10.0. The van der Waals surface area contributed by atoms with E-state index in [2.05, 4.69) is 53.6 Å². The molecule has 2 nitrogen and oxygen atoms in total. The number of aromatic nitrogens is 1. The first-order valence-corrected chi connectivity index (χ1v) is 8.39. The highest BCUT2D eigenvalue weighted by atomic mass is 32.1. The van der Waals surface area contributed by atoms with Crippen LogP contribution >= 0.6 is 11.3 Å². The van der Waals surface area contributed by atoms with Crippen LogP contribution in [0, 0.1) is 0 Å². The van der Waals surface area contributed by atoms with Gasteiger partial charge in [-0.1, -0.05) is 18.2 Å². The first kappa shape index (κ1) is 12.8. The fourth-order valence-electron chi connectivity index (χ4n) is 3.14. The van der Waals surface area contributed by atoms with Crippen LogP contribution in [0.15, 0.2) is 41.9 Å². The van der Waals surface area contributed by atoms with E-state index in [0.717, 1.165) is 5.52 Å². The molecule has 3 aromatic rings. The first-order valence-electron chi connectivity index (χ1n) is 7.51. The average molecular weight is 294 g/mol. The number of nitrogens with one attached hydrogen (secondary N) is 1. The average Bonchev–Trinajstić information content (AvgIpc) is 3.14. The van der Waals surface area contributed by atoms with Gasteiger partial charge >= 0.3 is 0 Å². The fourth-order valence-corrected chi connectivity index (χ4v) is 3.86. The number of thiazole rings is 1. The monoisotopic (exact) mass is 294 g/mol. The summed E-state index contributed by atoms with van der Waals surface area (Å²) in [5.74, 6) is 0. The summed E-state index contributed by atoms with van der Waals surface area (Å²) >= 11 is 1.69. The zero-order valence-corrected chi connectivity index (χ0v) is 12.9. The van der Waals surface area contributed by atoms with Gasteiger partial charge in [-0.25, -0.2) is 4.98 Å². The molecule has 1 aliphatic carbocycles. The van der Waals surface area contributed by atoms with Crippen molar-refractivity contribution in [3.05, 3.63) is 58.6 Å². The number of hydrogen-bond donors (Lipinski definition) is 1. The topological polar surface area (TPSA) is 24.9 Å². The van der Waals surface area contributed by atoms with Gasteiger partial charge in [0, 0.05) is 11.7 Å². The van der Waals surface area contributed by atoms with Gasteiger partial charge in [0.2, 0.25) is 0 Å². The number of aryl methyl sites for hydroxylation is 2. The predicted molar refractivity (Wildman–Crippen MR) is 90.1 cm³/mol. The molecule has 1 N–H and O–H groups in total. The zero-order valence-electron chi connectivity index (χ0n) is 12.1. The van der Waals surface area contributed by atoms with Gasteiger partial charge in [-0.3, -0.25) is 0 Å². The van der Waals surface area contributed by atoms with Gasteiger partial charge in [0.1, 0.15) is 0 Å². The van der Waals surface area contributed by atoms with E-state index in [9.17, 15) is 0 Å². The minimum absolute atomic E-state index is 0.321. The molecule has 3 heteroatoms. The maximum absolute atomic E-state index is 4.33. The number of rotatable bonds is 3. The maximum Gasteiger partial charge on any atom is 0.0813 e. The van der Waals surface area contributed by atoms with Crippen LogP contribution in [0.5, 0.6) is 0 Å². The van der Waals surface area contributed by atoms with Crippen molar-refractivity contribution in [1.29, 1.82) is 0 Å². The predicted octanol–water partition coefficient (Wildman–Crippen LogP) is 4.96. The molecule has 106 valence electrons. The smallest absolute Gasteiger partial charge is 0.0813 e. The Kier molecular flexibility index (Phi) is 3.15. The van der Waals surface area contributed by atoms with Gasteiger partial charge in [0.05, 0.1) is 15.7 Å². The lowest BCUT2D eigenvalue weighted by molar-refractivity contribution is 0.880. The Morgan fingerprint density at radius 2 is 2.00 bits per heavy atom. The molecule has 1 aliphatic rings. The Hall–Kier alpha value is -1.87. The second-order valence-corrected chi connectivity index (χ2v) is 6.67. The quantitative estimate of drug-likeness (QED) is 0.738. The van der Waals surface area contributed by atoms with Crippen LogP contribution in [0.1, 0.15) is 36.1 Å². The van der Waals surface area contributed by atoms with E-state index in [1.54, 1.807) is 16.9 Å². The molecule has 0 saturated carbocycles. The summed E-state index contributed by atoms with van der Waals surface area (Å²) in [7, 11) is 0. The number of anilines is 1. The molecule has 0 aliphatic heterocycles. The summed E-state index contributed by atoms with van der Waals surface area (Å²) in [6.07, 6.45) is 3.80. The molecule has 0 fully saturated rings. The summed E-state index contributed by atoms with van der Waals surface area (Å²) in [4.78, 5) is 4.33. The second-order valence-electron chi connectivity index (χ2n) is 5.78. The largest absolute Gasteiger partial charge is 0.378 e. The first-order chi connectivity index (χ1) is 10.3. The molecule has 1 heterocycles. The maximum atomic E-state index is 4.33. The summed E-state index contributed by atoms with van der Waals surface area (Å²) in [6.45, 7) is 2.23. The highest BCUT2D eigenvalue weighted by Gasteiger charge is 2.13. The number of fused-ring (bicyclic) bond motifs is 2. The lowest BCUT2D eigenvalue weighted by Crippen LogP contribution is -2.07. The van der Waals surface area contributed by atoms with Crippen LogP contribution in [0.25, 0.3) is 10.2 Å². The van der Waals surface area contributed by atoms with E-state index in [4.69, 9.17) is 0 Å². The Morgan fingerprint density at radius 1 is 1.10 bits per heavy atom. The van der Waals surface area contributed by atoms with Gasteiger partial charge < -0.3 is 5.32 Å². The van der Waals surface area contributed by atoms with Crippen LogP contribution in [-0.2, 0) is 12.8 Å². The van der Waals surface area contributed by atoms with E-state index in [-0.39, 0.29) is 0 Å². The second kappa shape index (κ2) is 5.15. The van der Waals surface area contributed by atoms with E-state index in [0.29, 0.717) is 6.04 Å². The summed E-state index contributed by atoms with van der Waals surface area (Å²) in [5.41, 5.74) is 8.60. The molecule has 0 amide bonds. The van der Waals surface area contributed by atoms with Crippen LogP contribution in [-0.4, -0.2) is 4.98 Å². The van der Waals surface area contributed by atoms with Crippen molar-refractivity contribution >= 4 is 27.2 Å². The molecule has 2 aromatic carbocycles. The van der Waals surface area contributed by atoms with Crippen molar-refractivity contribution < 1.29 is 0 Å².